The molecule has 3 N–H and O–H groups in total. The Morgan fingerprint density at radius 1 is 1.45 bits per heavy atom. The topological polar surface area (TPSA) is 69.8 Å². The highest BCUT2D eigenvalue weighted by Crippen LogP contribution is 2.15. The molecule has 0 radical (unpaired) electrons. The summed E-state index contributed by atoms with van der Waals surface area (Å²) in [5, 5.41) is 13.0. The van der Waals surface area contributed by atoms with Gasteiger partial charge < -0.3 is 10.6 Å². The molecular weight excluding hydrogens is 259 g/mol. The van der Waals surface area contributed by atoms with Crippen molar-refractivity contribution >= 4 is 5.91 Å². The standard InChI is InChI=1S/C14H15FN4O/c15-10-3-1-2-9(6-10)7-17-14(20)13-11-8-16-5-4-12(11)18-19-13/h1-3,6,16H,4-5,7-8H2,(H,17,20)(H,18,19). The van der Waals surface area contributed by atoms with Crippen molar-refractivity contribution in [1.29, 1.82) is 0 Å². The summed E-state index contributed by atoms with van der Waals surface area (Å²) in [6.45, 7) is 1.82. The Bertz CT molecular complexity index is 638. The number of H-pyrrole nitrogens is 1. The number of benzene rings is 1. The fourth-order valence-corrected chi connectivity index (χ4v) is 2.33. The summed E-state index contributed by atoms with van der Waals surface area (Å²) < 4.78 is 13.1. The first-order valence-electron chi connectivity index (χ1n) is 6.53. The molecule has 6 heteroatoms. The molecule has 1 aromatic carbocycles. The van der Waals surface area contributed by atoms with Crippen molar-refractivity contribution in [2.24, 2.45) is 0 Å². The summed E-state index contributed by atoms with van der Waals surface area (Å²) in [5.41, 5.74) is 3.08. The second-order valence-corrected chi connectivity index (χ2v) is 4.77. The number of rotatable bonds is 3. The lowest BCUT2D eigenvalue weighted by Crippen LogP contribution is -2.28. The molecule has 2 aromatic rings. The summed E-state index contributed by atoms with van der Waals surface area (Å²) in [4.78, 5) is 12.1. The summed E-state index contributed by atoms with van der Waals surface area (Å²) in [7, 11) is 0. The minimum Gasteiger partial charge on any atom is -0.347 e. The Morgan fingerprint density at radius 2 is 2.35 bits per heavy atom. The van der Waals surface area contributed by atoms with Crippen molar-refractivity contribution in [2.75, 3.05) is 6.54 Å². The van der Waals surface area contributed by atoms with E-state index in [2.05, 4.69) is 20.8 Å². The van der Waals surface area contributed by atoms with E-state index >= 15 is 0 Å². The van der Waals surface area contributed by atoms with Crippen molar-refractivity contribution in [2.45, 2.75) is 19.5 Å². The van der Waals surface area contributed by atoms with Crippen LogP contribution in [0.1, 0.15) is 27.3 Å². The molecule has 3 rings (SSSR count). The van der Waals surface area contributed by atoms with Gasteiger partial charge in [0.25, 0.3) is 5.91 Å². The maximum atomic E-state index is 13.1. The normalized spacial score (nSPS) is 13.8. The van der Waals surface area contributed by atoms with Crippen LogP contribution in [0.3, 0.4) is 0 Å². The van der Waals surface area contributed by atoms with Crippen LogP contribution in [0.2, 0.25) is 0 Å². The molecule has 0 saturated carbocycles. The number of hydrogen-bond acceptors (Lipinski definition) is 3. The van der Waals surface area contributed by atoms with Crippen LogP contribution in [-0.2, 0) is 19.5 Å². The molecule has 20 heavy (non-hydrogen) atoms. The Morgan fingerprint density at radius 3 is 3.20 bits per heavy atom. The predicted molar refractivity (Wildman–Crippen MR) is 71.6 cm³/mol. The fourth-order valence-electron chi connectivity index (χ4n) is 2.33. The van der Waals surface area contributed by atoms with Crippen LogP contribution in [0.15, 0.2) is 24.3 Å². The number of nitrogens with zero attached hydrogens (tertiary/aromatic N) is 1. The molecule has 1 aliphatic rings. The van der Waals surface area contributed by atoms with Gasteiger partial charge in [-0.05, 0) is 17.7 Å². The van der Waals surface area contributed by atoms with E-state index in [-0.39, 0.29) is 18.3 Å². The van der Waals surface area contributed by atoms with Crippen molar-refractivity contribution in [3.8, 4) is 0 Å². The van der Waals surface area contributed by atoms with E-state index in [0.29, 0.717) is 12.2 Å². The van der Waals surface area contributed by atoms with E-state index in [1.807, 2.05) is 0 Å². The third-order valence-corrected chi connectivity index (χ3v) is 3.36. The van der Waals surface area contributed by atoms with Crippen LogP contribution in [0, 0.1) is 5.82 Å². The van der Waals surface area contributed by atoms with Crippen LogP contribution >= 0.6 is 0 Å². The van der Waals surface area contributed by atoms with E-state index in [0.717, 1.165) is 29.8 Å². The maximum Gasteiger partial charge on any atom is 0.272 e. The average molecular weight is 274 g/mol. The van der Waals surface area contributed by atoms with Gasteiger partial charge in [-0.25, -0.2) is 4.39 Å². The molecule has 0 unspecified atom stereocenters. The third kappa shape index (κ3) is 2.55. The molecule has 5 nitrogen and oxygen atoms in total. The van der Waals surface area contributed by atoms with Gasteiger partial charge in [0, 0.05) is 37.3 Å². The Balaban J connectivity index is 1.69. The predicted octanol–water partition coefficient (Wildman–Crippen LogP) is 1.12. The monoisotopic (exact) mass is 274 g/mol. The molecule has 0 bridgehead atoms. The van der Waals surface area contributed by atoms with Crippen LogP contribution in [0.4, 0.5) is 4.39 Å². The average Bonchev–Trinajstić information content (AvgIpc) is 2.89. The van der Waals surface area contributed by atoms with Crippen LogP contribution < -0.4 is 10.6 Å². The maximum absolute atomic E-state index is 13.1. The zero-order valence-corrected chi connectivity index (χ0v) is 10.9. The highest BCUT2D eigenvalue weighted by molar-refractivity contribution is 5.94. The molecule has 0 spiro atoms. The molecule has 0 saturated heterocycles. The van der Waals surface area contributed by atoms with Gasteiger partial charge in [0.1, 0.15) is 5.82 Å². The lowest BCUT2D eigenvalue weighted by Gasteiger charge is -2.12. The number of halogens is 1. The van der Waals surface area contributed by atoms with Crippen LogP contribution in [-0.4, -0.2) is 22.6 Å². The highest BCUT2D eigenvalue weighted by atomic mass is 19.1. The number of nitrogens with one attached hydrogen (secondary N) is 3. The number of fused-ring (bicyclic) bond motifs is 1. The molecule has 2 heterocycles. The number of aromatic amines is 1. The Kier molecular flexibility index (Phi) is 3.47. The first-order valence-corrected chi connectivity index (χ1v) is 6.53. The molecule has 0 atom stereocenters. The van der Waals surface area contributed by atoms with Crippen LogP contribution in [0.25, 0.3) is 0 Å². The third-order valence-electron chi connectivity index (χ3n) is 3.36. The van der Waals surface area contributed by atoms with Gasteiger partial charge >= 0.3 is 0 Å². The van der Waals surface area contributed by atoms with E-state index in [9.17, 15) is 9.18 Å². The summed E-state index contributed by atoms with van der Waals surface area (Å²) >= 11 is 0. The smallest absolute Gasteiger partial charge is 0.272 e. The van der Waals surface area contributed by atoms with Gasteiger partial charge in [0.15, 0.2) is 5.69 Å². The summed E-state index contributed by atoms with van der Waals surface area (Å²) in [6, 6.07) is 6.17. The fraction of sp³-hybridized carbons (Fsp3) is 0.286. The largest absolute Gasteiger partial charge is 0.347 e. The van der Waals surface area contributed by atoms with Crippen LogP contribution in [0.5, 0.6) is 0 Å². The molecule has 104 valence electrons. The number of aromatic nitrogens is 2. The van der Waals surface area contributed by atoms with E-state index in [1.54, 1.807) is 12.1 Å². The molecule has 0 fully saturated rings. The molecular formula is C14H15FN4O. The van der Waals surface area contributed by atoms with Crippen molar-refractivity contribution in [1.82, 2.24) is 20.8 Å². The van der Waals surface area contributed by atoms with E-state index in [1.165, 1.54) is 12.1 Å². The van der Waals surface area contributed by atoms with Crippen molar-refractivity contribution < 1.29 is 9.18 Å². The molecule has 1 aromatic heterocycles. The summed E-state index contributed by atoms with van der Waals surface area (Å²) in [6.07, 6.45) is 0.847. The minimum absolute atomic E-state index is 0.240. The lowest BCUT2D eigenvalue weighted by atomic mass is 10.1. The highest BCUT2D eigenvalue weighted by Gasteiger charge is 2.21. The van der Waals surface area contributed by atoms with Gasteiger partial charge in [-0.15, -0.1) is 0 Å². The van der Waals surface area contributed by atoms with Crippen molar-refractivity contribution in [3.63, 3.8) is 0 Å². The van der Waals surface area contributed by atoms with Crippen molar-refractivity contribution in [3.05, 3.63) is 52.6 Å². The second-order valence-electron chi connectivity index (χ2n) is 4.77. The minimum atomic E-state index is -0.307. The van der Waals surface area contributed by atoms with Gasteiger partial charge in [-0.2, -0.15) is 5.10 Å². The molecule has 0 aliphatic carbocycles. The zero-order valence-electron chi connectivity index (χ0n) is 10.9. The Hall–Kier alpha value is -2.21. The van der Waals surface area contributed by atoms with Gasteiger partial charge in [-0.1, -0.05) is 12.1 Å². The van der Waals surface area contributed by atoms with Gasteiger partial charge in [-0.3, -0.25) is 9.89 Å². The molecule has 1 aliphatic heterocycles. The SMILES string of the molecule is O=C(NCc1cccc(F)c1)c1n[nH]c2c1CNCC2. The summed E-state index contributed by atoms with van der Waals surface area (Å²) in [5.74, 6) is -0.548. The second kappa shape index (κ2) is 5.42. The molecule has 1 amide bonds. The number of amides is 1. The number of carbonyl (C=O) groups is 1. The number of hydrogen-bond donors (Lipinski definition) is 3. The van der Waals surface area contributed by atoms with Gasteiger partial charge in [0.05, 0.1) is 0 Å². The van der Waals surface area contributed by atoms with E-state index in [4.69, 9.17) is 0 Å². The van der Waals surface area contributed by atoms with E-state index < -0.39 is 0 Å². The zero-order chi connectivity index (χ0) is 13.9. The Labute approximate surface area is 115 Å². The lowest BCUT2D eigenvalue weighted by molar-refractivity contribution is 0.0944. The first kappa shape index (κ1) is 12.8. The first-order chi connectivity index (χ1) is 9.74. The van der Waals surface area contributed by atoms with Gasteiger partial charge in [0.2, 0.25) is 0 Å². The number of carbonyl (C=O) groups excluding carboxylic acids is 1. The quantitative estimate of drug-likeness (QED) is 0.785.